The number of hydrogen-bond donors (Lipinski definition) is 2. The molecule has 23 heavy (non-hydrogen) atoms. The van der Waals surface area contributed by atoms with Crippen molar-refractivity contribution in [3.05, 3.63) is 47.8 Å². The summed E-state index contributed by atoms with van der Waals surface area (Å²) in [5, 5.41) is 14.4. The van der Waals surface area contributed by atoms with Gasteiger partial charge in [-0.15, -0.1) is 17.5 Å². The molecule has 2 aromatic rings. The van der Waals surface area contributed by atoms with Gasteiger partial charge >= 0.3 is 0 Å². The number of aromatic nitrogens is 3. The quantitative estimate of drug-likeness (QED) is 0.887. The van der Waals surface area contributed by atoms with Gasteiger partial charge in [0.05, 0.1) is 12.7 Å². The molecule has 2 heterocycles. The minimum atomic E-state index is -0.141. The van der Waals surface area contributed by atoms with E-state index in [-0.39, 0.29) is 24.4 Å². The fourth-order valence-electron chi connectivity index (χ4n) is 2.72. The summed E-state index contributed by atoms with van der Waals surface area (Å²) in [7, 11) is 0. The number of nitrogens with zero attached hydrogens (tertiary/aromatic N) is 3. The van der Waals surface area contributed by atoms with E-state index >= 15 is 0 Å². The summed E-state index contributed by atoms with van der Waals surface area (Å²) >= 11 is 0. The van der Waals surface area contributed by atoms with Gasteiger partial charge in [0.2, 0.25) is 0 Å². The smallest absolute Gasteiger partial charge is 0.273 e. The Kier molecular flexibility index (Phi) is 6.12. The molecule has 1 saturated heterocycles. The number of rotatable bonds is 4. The molecule has 1 aliphatic heterocycles. The average Bonchev–Trinajstić information content (AvgIpc) is 2.99. The number of nitrogens with one attached hydrogen (secondary N) is 2. The van der Waals surface area contributed by atoms with Crippen LogP contribution in [0.3, 0.4) is 0 Å². The molecule has 0 spiro atoms. The molecule has 2 N–H and O–H groups in total. The van der Waals surface area contributed by atoms with Crippen LogP contribution in [0.2, 0.25) is 0 Å². The van der Waals surface area contributed by atoms with E-state index in [1.165, 1.54) is 0 Å². The monoisotopic (exact) mass is 335 g/mol. The SMILES string of the molecule is CC1CNCCC1NC(=O)c1cn(Cc2ccccc2)nn1.Cl. The summed E-state index contributed by atoms with van der Waals surface area (Å²) in [5.74, 6) is 0.287. The predicted octanol–water partition coefficient (Wildman–Crippen LogP) is 1.48. The van der Waals surface area contributed by atoms with Gasteiger partial charge in [-0.3, -0.25) is 4.79 Å². The molecular weight excluding hydrogens is 314 g/mol. The van der Waals surface area contributed by atoms with Crippen LogP contribution in [0.25, 0.3) is 0 Å². The number of amides is 1. The Hall–Kier alpha value is -1.92. The van der Waals surface area contributed by atoms with E-state index in [0.717, 1.165) is 25.1 Å². The topological polar surface area (TPSA) is 71.8 Å². The van der Waals surface area contributed by atoms with Crippen LogP contribution < -0.4 is 10.6 Å². The normalized spacial score (nSPS) is 20.6. The van der Waals surface area contributed by atoms with Crippen LogP contribution in [0.1, 0.15) is 29.4 Å². The largest absolute Gasteiger partial charge is 0.347 e. The molecule has 1 aromatic carbocycles. The molecule has 1 fully saturated rings. The van der Waals surface area contributed by atoms with Crippen molar-refractivity contribution in [2.45, 2.75) is 25.9 Å². The Morgan fingerprint density at radius 2 is 2.17 bits per heavy atom. The molecule has 1 aromatic heterocycles. The van der Waals surface area contributed by atoms with E-state index in [4.69, 9.17) is 0 Å². The van der Waals surface area contributed by atoms with Gasteiger partial charge in [0.15, 0.2) is 5.69 Å². The molecule has 0 bridgehead atoms. The fraction of sp³-hybridized carbons (Fsp3) is 0.438. The van der Waals surface area contributed by atoms with Crippen LogP contribution in [0, 0.1) is 5.92 Å². The van der Waals surface area contributed by atoms with Crippen molar-refractivity contribution >= 4 is 18.3 Å². The average molecular weight is 336 g/mol. The summed E-state index contributed by atoms with van der Waals surface area (Å²) in [5.41, 5.74) is 1.51. The second kappa shape index (κ2) is 8.08. The lowest BCUT2D eigenvalue weighted by molar-refractivity contribution is 0.0909. The minimum Gasteiger partial charge on any atom is -0.347 e. The highest BCUT2D eigenvalue weighted by atomic mass is 35.5. The van der Waals surface area contributed by atoms with Crippen molar-refractivity contribution in [1.82, 2.24) is 25.6 Å². The minimum absolute atomic E-state index is 0. The molecular formula is C16H22ClN5O. The summed E-state index contributed by atoms with van der Waals surface area (Å²) < 4.78 is 1.69. The van der Waals surface area contributed by atoms with E-state index in [2.05, 4.69) is 27.9 Å². The van der Waals surface area contributed by atoms with E-state index < -0.39 is 0 Å². The summed E-state index contributed by atoms with van der Waals surface area (Å²) in [6.45, 7) is 4.63. The zero-order valence-corrected chi connectivity index (χ0v) is 13.9. The predicted molar refractivity (Wildman–Crippen MR) is 90.7 cm³/mol. The highest BCUT2D eigenvalue weighted by molar-refractivity contribution is 5.92. The maximum atomic E-state index is 12.3. The van der Waals surface area contributed by atoms with Gasteiger partial charge in [0, 0.05) is 6.04 Å². The lowest BCUT2D eigenvalue weighted by atomic mass is 9.95. The van der Waals surface area contributed by atoms with Gasteiger partial charge in [0.25, 0.3) is 5.91 Å². The number of benzene rings is 1. The number of piperidine rings is 1. The standard InChI is InChI=1S/C16H21N5O.ClH/c1-12-9-17-8-7-14(12)18-16(22)15-11-21(20-19-15)10-13-5-3-2-4-6-13;/h2-6,11-12,14,17H,7-10H2,1H3,(H,18,22);1H. The third kappa shape index (κ3) is 4.53. The van der Waals surface area contributed by atoms with E-state index in [0.29, 0.717) is 18.2 Å². The number of halogens is 1. The molecule has 0 radical (unpaired) electrons. The van der Waals surface area contributed by atoms with Crippen LogP contribution in [-0.4, -0.2) is 40.0 Å². The molecule has 0 aliphatic carbocycles. The number of carbonyl (C=O) groups excluding carboxylic acids is 1. The van der Waals surface area contributed by atoms with Crippen molar-refractivity contribution in [2.75, 3.05) is 13.1 Å². The van der Waals surface area contributed by atoms with Crippen LogP contribution in [0.15, 0.2) is 36.5 Å². The second-order valence-electron chi connectivity index (χ2n) is 5.84. The Labute approximate surface area is 142 Å². The maximum Gasteiger partial charge on any atom is 0.273 e. The lowest BCUT2D eigenvalue weighted by Crippen LogP contribution is -2.48. The molecule has 6 nitrogen and oxygen atoms in total. The van der Waals surface area contributed by atoms with Crippen LogP contribution in [0.4, 0.5) is 0 Å². The van der Waals surface area contributed by atoms with Gasteiger partial charge in [0.1, 0.15) is 0 Å². The van der Waals surface area contributed by atoms with Crippen molar-refractivity contribution in [1.29, 1.82) is 0 Å². The molecule has 1 amide bonds. The lowest BCUT2D eigenvalue weighted by Gasteiger charge is -2.29. The van der Waals surface area contributed by atoms with Crippen molar-refractivity contribution in [2.24, 2.45) is 5.92 Å². The summed E-state index contributed by atoms with van der Waals surface area (Å²) in [6, 6.07) is 10.2. The van der Waals surface area contributed by atoms with Crippen molar-refractivity contribution < 1.29 is 4.79 Å². The Balaban J connectivity index is 0.00000192. The number of carbonyl (C=O) groups is 1. The van der Waals surface area contributed by atoms with Gasteiger partial charge in [-0.25, -0.2) is 4.68 Å². The van der Waals surface area contributed by atoms with Crippen molar-refractivity contribution in [3.63, 3.8) is 0 Å². The van der Waals surface area contributed by atoms with Gasteiger partial charge in [-0.2, -0.15) is 0 Å². The second-order valence-corrected chi connectivity index (χ2v) is 5.84. The first-order valence-corrected chi connectivity index (χ1v) is 7.68. The Morgan fingerprint density at radius 1 is 1.39 bits per heavy atom. The van der Waals surface area contributed by atoms with Gasteiger partial charge in [-0.1, -0.05) is 42.5 Å². The van der Waals surface area contributed by atoms with E-state index in [1.807, 2.05) is 30.3 Å². The van der Waals surface area contributed by atoms with Crippen molar-refractivity contribution in [3.8, 4) is 0 Å². The summed E-state index contributed by atoms with van der Waals surface area (Å²) in [6.07, 6.45) is 2.65. The fourth-order valence-corrected chi connectivity index (χ4v) is 2.72. The molecule has 3 rings (SSSR count). The van der Waals surface area contributed by atoms with Crippen LogP contribution in [-0.2, 0) is 6.54 Å². The van der Waals surface area contributed by atoms with Gasteiger partial charge < -0.3 is 10.6 Å². The first-order chi connectivity index (χ1) is 10.7. The Morgan fingerprint density at radius 3 is 2.91 bits per heavy atom. The van der Waals surface area contributed by atoms with Crippen LogP contribution >= 0.6 is 12.4 Å². The molecule has 2 unspecified atom stereocenters. The van der Waals surface area contributed by atoms with E-state index in [1.54, 1.807) is 10.9 Å². The number of hydrogen-bond acceptors (Lipinski definition) is 4. The van der Waals surface area contributed by atoms with E-state index in [9.17, 15) is 4.79 Å². The first-order valence-electron chi connectivity index (χ1n) is 7.68. The van der Waals surface area contributed by atoms with Gasteiger partial charge in [-0.05, 0) is 31.0 Å². The zero-order chi connectivity index (χ0) is 15.4. The molecule has 7 heteroatoms. The first kappa shape index (κ1) is 17.4. The molecule has 0 saturated carbocycles. The Bertz CT molecular complexity index is 630. The third-order valence-corrected chi connectivity index (χ3v) is 4.06. The highest BCUT2D eigenvalue weighted by Crippen LogP contribution is 2.11. The highest BCUT2D eigenvalue weighted by Gasteiger charge is 2.24. The van der Waals surface area contributed by atoms with Crippen LogP contribution in [0.5, 0.6) is 0 Å². The molecule has 124 valence electrons. The zero-order valence-electron chi connectivity index (χ0n) is 13.1. The molecule has 1 aliphatic rings. The summed E-state index contributed by atoms with van der Waals surface area (Å²) in [4.78, 5) is 12.3. The maximum absolute atomic E-state index is 12.3. The third-order valence-electron chi connectivity index (χ3n) is 4.06. The molecule has 2 atom stereocenters.